The second kappa shape index (κ2) is 14.4. The highest BCUT2D eigenvalue weighted by Gasteiger charge is 2.42. The first-order valence-corrected chi connectivity index (χ1v) is 15.6. The zero-order valence-corrected chi connectivity index (χ0v) is 27.3. The summed E-state index contributed by atoms with van der Waals surface area (Å²) in [4.78, 5) is 30.9. The van der Waals surface area contributed by atoms with Crippen LogP contribution in [-0.2, 0) is 23.4 Å². The maximum absolute atomic E-state index is 13.8. The van der Waals surface area contributed by atoms with Gasteiger partial charge in [-0.05, 0) is 81.3 Å². The van der Waals surface area contributed by atoms with Gasteiger partial charge < -0.3 is 29.2 Å². The van der Waals surface area contributed by atoms with Crippen LogP contribution < -0.4 is 19.5 Å². The molecule has 1 aromatic heterocycles. The highest BCUT2D eigenvalue weighted by molar-refractivity contribution is 5.96. The molecule has 3 N–H and O–H groups in total. The quantitative estimate of drug-likeness (QED) is 0.146. The van der Waals surface area contributed by atoms with Crippen molar-refractivity contribution < 1.29 is 43.1 Å². The number of benzene rings is 3. The fraction of sp³-hybridized carbons (Fsp3) is 0.324. The Bertz CT molecular complexity index is 1760. The monoisotopic (exact) mass is 658 g/mol. The van der Waals surface area contributed by atoms with Crippen molar-refractivity contribution in [2.24, 2.45) is 0 Å². The van der Waals surface area contributed by atoms with E-state index in [1.54, 1.807) is 57.2 Å². The van der Waals surface area contributed by atoms with Gasteiger partial charge in [-0.1, -0.05) is 30.3 Å². The Labute approximate surface area is 278 Å². The molecular formula is C37H39FN2O8. The van der Waals surface area contributed by atoms with Crippen LogP contribution in [0.1, 0.15) is 60.8 Å². The molecule has 0 saturated heterocycles. The number of amides is 1. The van der Waals surface area contributed by atoms with Crippen LogP contribution in [0.5, 0.6) is 17.2 Å². The van der Waals surface area contributed by atoms with Gasteiger partial charge in [0.2, 0.25) is 0 Å². The number of pyridine rings is 1. The van der Waals surface area contributed by atoms with E-state index in [-0.39, 0.29) is 49.7 Å². The van der Waals surface area contributed by atoms with Crippen molar-refractivity contribution in [3.05, 3.63) is 107 Å². The topological polar surface area (TPSA) is 136 Å². The molecule has 3 aromatic carbocycles. The Balaban J connectivity index is 1.37. The number of aromatic nitrogens is 1. The molecule has 1 aliphatic heterocycles. The third-order valence-corrected chi connectivity index (χ3v) is 7.94. The van der Waals surface area contributed by atoms with Crippen LogP contribution in [0.15, 0.2) is 78.9 Å². The lowest BCUT2D eigenvalue weighted by Gasteiger charge is -2.28. The molecule has 2 heterocycles. The van der Waals surface area contributed by atoms with Crippen molar-refractivity contribution >= 4 is 11.9 Å². The minimum Gasteiger partial charge on any atom is -0.493 e. The number of ether oxygens (including phenoxy) is 4. The molecule has 0 saturated carbocycles. The van der Waals surface area contributed by atoms with E-state index in [1.807, 2.05) is 30.3 Å². The SMILES string of the molecule is COc1cc(C(=O)CCC(C)(O)c2nc(-c3ccc(F)cc3)cc3c2OC(C)(NC(=O)OCc2ccccc2)C3)ccc1OC[C@@H](C)O. The maximum atomic E-state index is 13.8. The van der Waals surface area contributed by atoms with E-state index < -0.39 is 29.3 Å². The average molecular weight is 659 g/mol. The lowest BCUT2D eigenvalue weighted by Crippen LogP contribution is -2.50. The molecule has 11 heteroatoms. The van der Waals surface area contributed by atoms with Gasteiger partial charge in [-0.3, -0.25) is 10.1 Å². The molecule has 0 aliphatic carbocycles. The molecule has 4 aromatic rings. The number of rotatable bonds is 13. The first kappa shape index (κ1) is 34.3. The highest BCUT2D eigenvalue weighted by Crippen LogP contribution is 2.43. The van der Waals surface area contributed by atoms with Crippen LogP contribution in [0, 0.1) is 5.82 Å². The predicted octanol–water partition coefficient (Wildman–Crippen LogP) is 6.10. The Morgan fingerprint density at radius 1 is 1.08 bits per heavy atom. The highest BCUT2D eigenvalue weighted by atomic mass is 19.1. The molecule has 252 valence electrons. The summed E-state index contributed by atoms with van der Waals surface area (Å²) in [5.74, 6) is 0.347. The fourth-order valence-corrected chi connectivity index (χ4v) is 5.42. The fourth-order valence-electron chi connectivity index (χ4n) is 5.42. The number of halogens is 1. The van der Waals surface area contributed by atoms with Gasteiger partial charge in [-0.15, -0.1) is 0 Å². The number of ketones is 1. The van der Waals surface area contributed by atoms with E-state index >= 15 is 0 Å². The molecule has 0 bridgehead atoms. The van der Waals surface area contributed by atoms with Gasteiger partial charge in [0.25, 0.3) is 0 Å². The standard InChI is InChI=1S/C37H39FN2O8/c1-23(41)21-46-31-15-12-26(19-32(31)45-4)30(42)16-17-36(2,44)34-33-27(18-29(39-34)25-10-13-28(38)14-11-25)20-37(3,48-33)40-35(43)47-22-24-8-6-5-7-9-24/h5-15,18-19,23,41,44H,16-17,20-22H2,1-4H3,(H,40,43)/t23-,36?,37?/m1/s1. The van der Waals surface area contributed by atoms with E-state index in [9.17, 15) is 24.2 Å². The zero-order chi connectivity index (χ0) is 34.5. The smallest absolute Gasteiger partial charge is 0.410 e. The first-order valence-electron chi connectivity index (χ1n) is 15.6. The maximum Gasteiger partial charge on any atom is 0.410 e. The summed E-state index contributed by atoms with van der Waals surface area (Å²) < 4.78 is 36.4. The van der Waals surface area contributed by atoms with Crippen LogP contribution in [-0.4, -0.2) is 52.6 Å². The van der Waals surface area contributed by atoms with Crippen molar-refractivity contribution in [3.63, 3.8) is 0 Å². The molecule has 0 radical (unpaired) electrons. The molecule has 0 fully saturated rings. The molecule has 2 unspecified atom stereocenters. The van der Waals surface area contributed by atoms with Gasteiger partial charge in [0.1, 0.15) is 30.3 Å². The summed E-state index contributed by atoms with van der Waals surface area (Å²) in [6.07, 6.45) is -1.21. The second-order valence-corrected chi connectivity index (χ2v) is 12.3. The average Bonchev–Trinajstić information content (AvgIpc) is 3.40. The van der Waals surface area contributed by atoms with Gasteiger partial charge in [0.15, 0.2) is 28.8 Å². The van der Waals surface area contributed by atoms with Crippen LogP contribution in [0.4, 0.5) is 9.18 Å². The van der Waals surface area contributed by atoms with E-state index in [4.69, 9.17) is 23.9 Å². The minimum absolute atomic E-state index is 0.0205. The molecule has 1 aliphatic rings. The van der Waals surface area contributed by atoms with E-state index in [2.05, 4.69) is 5.32 Å². The summed E-state index contributed by atoms with van der Waals surface area (Å²) in [6, 6.07) is 21.6. The van der Waals surface area contributed by atoms with Gasteiger partial charge >= 0.3 is 6.09 Å². The largest absolute Gasteiger partial charge is 0.493 e. The van der Waals surface area contributed by atoms with E-state index in [1.165, 1.54) is 19.2 Å². The zero-order valence-electron chi connectivity index (χ0n) is 27.3. The number of carbonyl (C=O) groups excluding carboxylic acids is 2. The van der Waals surface area contributed by atoms with Gasteiger partial charge in [-0.25, -0.2) is 14.2 Å². The Hall–Kier alpha value is -5.00. The Morgan fingerprint density at radius 2 is 1.81 bits per heavy atom. The normalized spacial score (nSPS) is 17.0. The third-order valence-electron chi connectivity index (χ3n) is 7.94. The molecule has 1 amide bonds. The number of nitrogens with one attached hydrogen (secondary N) is 1. The first-order chi connectivity index (χ1) is 22.9. The van der Waals surface area contributed by atoms with E-state index in [0.29, 0.717) is 33.9 Å². The van der Waals surface area contributed by atoms with E-state index in [0.717, 1.165) is 5.56 Å². The van der Waals surface area contributed by atoms with Crippen molar-refractivity contribution in [1.82, 2.24) is 10.3 Å². The number of Topliss-reactive ketones (excluding diaryl/α,β-unsaturated/α-hetero) is 1. The number of hydrogen-bond donors (Lipinski definition) is 3. The van der Waals surface area contributed by atoms with Gasteiger partial charge in [0, 0.05) is 29.5 Å². The lowest BCUT2D eigenvalue weighted by molar-refractivity contribution is 0.0270. The molecule has 0 spiro atoms. The summed E-state index contributed by atoms with van der Waals surface area (Å²) in [7, 11) is 1.45. The van der Waals surface area contributed by atoms with Crippen molar-refractivity contribution in [2.75, 3.05) is 13.7 Å². The predicted molar refractivity (Wildman–Crippen MR) is 175 cm³/mol. The van der Waals surface area contributed by atoms with Crippen LogP contribution in [0.2, 0.25) is 0 Å². The van der Waals surface area contributed by atoms with Crippen molar-refractivity contribution in [2.45, 2.75) is 64.1 Å². The molecular weight excluding hydrogens is 619 g/mol. The lowest BCUT2D eigenvalue weighted by atomic mass is 9.90. The summed E-state index contributed by atoms with van der Waals surface area (Å²) in [5, 5.41) is 24.2. The number of carbonyl (C=O) groups is 2. The van der Waals surface area contributed by atoms with Gasteiger partial charge in [0.05, 0.1) is 18.9 Å². The number of fused-ring (bicyclic) bond motifs is 1. The van der Waals surface area contributed by atoms with Crippen LogP contribution in [0.3, 0.4) is 0 Å². The molecule has 10 nitrogen and oxygen atoms in total. The molecule has 48 heavy (non-hydrogen) atoms. The molecule has 3 atom stereocenters. The van der Waals surface area contributed by atoms with Crippen molar-refractivity contribution in [3.8, 4) is 28.5 Å². The summed E-state index contributed by atoms with van der Waals surface area (Å²) >= 11 is 0. The van der Waals surface area contributed by atoms with Crippen LogP contribution >= 0.6 is 0 Å². The van der Waals surface area contributed by atoms with Crippen LogP contribution in [0.25, 0.3) is 11.3 Å². The number of nitrogens with zero attached hydrogens (tertiary/aromatic N) is 1. The molecule has 5 rings (SSSR count). The summed E-state index contributed by atoms with van der Waals surface area (Å²) in [6.45, 7) is 4.97. The minimum atomic E-state index is -1.65. The Kier molecular flexibility index (Phi) is 10.3. The number of aliphatic hydroxyl groups excluding tert-OH is 1. The third kappa shape index (κ3) is 8.28. The van der Waals surface area contributed by atoms with Crippen molar-refractivity contribution in [1.29, 1.82) is 0 Å². The Morgan fingerprint density at radius 3 is 2.50 bits per heavy atom. The number of aliphatic hydroxyl groups is 2. The number of alkyl carbamates (subject to hydrolysis) is 1. The summed E-state index contributed by atoms with van der Waals surface area (Å²) in [5.41, 5.74) is 0.214. The number of methoxy groups -OCH3 is 1. The second-order valence-electron chi connectivity index (χ2n) is 12.3. The van der Waals surface area contributed by atoms with Gasteiger partial charge in [-0.2, -0.15) is 0 Å². The number of hydrogen-bond acceptors (Lipinski definition) is 9.